The first-order valence-electron chi connectivity index (χ1n) is 6.76. The van der Waals surface area contributed by atoms with Gasteiger partial charge in [-0.3, -0.25) is 9.78 Å². The summed E-state index contributed by atoms with van der Waals surface area (Å²) in [6.45, 7) is 3.74. The van der Waals surface area contributed by atoms with Crippen LogP contribution < -0.4 is 0 Å². The Kier molecular flexibility index (Phi) is 4.80. The first-order valence-corrected chi connectivity index (χ1v) is 7.14. The van der Waals surface area contributed by atoms with E-state index in [-0.39, 0.29) is 5.92 Å². The average Bonchev–Trinajstić information content (AvgIpc) is 2.47. The molecule has 0 saturated carbocycles. The number of hydrogen-bond acceptors (Lipinski definition) is 4. The van der Waals surface area contributed by atoms with E-state index in [1.54, 1.807) is 24.4 Å². The van der Waals surface area contributed by atoms with Crippen LogP contribution in [0.2, 0.25) is 5.02 Å². The molecule has 5 heteroatoms. The number of rotatable bonds is 4. The number of aromatic nitrogens is 1. The van der Waals surface area contributed by atoms with Gasteiger partial charge >= 0.3 is 5.97 Å². The van der Waals surface area contributed by atoms with Crippen LogP contribution in [0.25, 0.3) is 10.9 Å². The molecule has 1 aromatic heterocycles. The lowest BCUT2D eigenvalue weighted by Crippen LogP contribution is -2.28. The summed E-state index contributed by atoms with van der Waals surface area (Å²) in [5, 5.41) is 12.0. The van der Waals surface area contributed by atoms with Gasteiger partial charge in [-0.25, -0.2) is 0 Å². The molecule has 1 aromatic carbocycles. The Hall–Kier alpha value is -1.65. The minimum absolute atomic E-state index is 0.0677. The molecule has 112 valence electrons. The molecule has 0 aliphatic rings. The van der Waals surface area contributed by atoms with Crippen molar-refractivity contribution in [3.05, 3.63) is 41.0 Å². The predicted molar refractivity (Wildman–Crippen MR) is 82.1 cm³/mol. The van der Waals surface area contributed by atoms with Crippen molar-refractivity contribution >= 4 is 28.5 Å². The van der Waals surface area contributed by atoms with Crippen molar-refractivity contribution < 1.29 is 14.6 Å². The molecule has 1 N–H and O–H groups in total. The number of aliphatic hydroxyl groups excluding tert-OH is 1. The Bertz CT molecular complexity index is 657. The maximum Gasteiger partial charge on any atom is 0.311 e. The molecule has 0 aliphatic heterocycles. The summed E-state index contributed by atoms with van der Waals surface area (Å²) in [5.41, 5.74) is 1.19. The van der Waals surface area contributed by atoms with E-state index in [4.69, 9.17) is 16.3 Å². The van der Waals surface area contributed by atoms with Gasteiger partial charge in [-0.05, 0) is 24.1 Å². The van der Waals surface area contributed by atoms with E-state index < -0.39 is 18.0 Å². The lowest BCUT2D eigenvalue weighted by Gasteiger charge is -2.25. The van der Waals surface area contributed by atoms with Crippen molar-refractivity contribution in [2.75, 3.05) is 7.11 Å². The van der Waals surface area contributed by atoms with Gasteiger partial charge in [0.05, 0.1) is 24.6 Å². The van der Waals surface area contributed by atoms with Crippen LogP contribution in [0.3, 0.4) is 0 Å². The molecule has 0 amide bonds. The maximum atomic E-state index is 11.9. The standard InChI is InChI=1S/C16H18ClNO3/c1-9(2)13(16(20)21-3)15(19)11-6-7-12(17)10-5-4-8-18-14(10)11/h4-9,13,15,19H,1-3H3. The minimum Gasteiger partial charge on any atom is -0.469 e. The van der Waals surface area contributed by atoms with Crippen LogP contribution in [-0.2, 0) is 9.53 Å². The third-order valence-corrected chi connectivity index (χ3v) is 3.93. The van der Waals surface area contributed by atoms with Crippen molar-refractivity contribution in [2.45, 2.75) is 20.0 Å². The number of esters is 1. The van der Waals surface area contributed by atoms with Crippen LogP contribution in [0.5, 0.6) is 0 Å². The van der Waals surface area contributed by atoms with Gasteiger partial charge in [0.2, 0.25) is 0 Å². The van der Waals surface area contributed by atoms with E-state index in [9.17, 15) is 9.90 Å². The van der Waals surface area contributed by atoms with Gasteiger partial charge < -0.3 is 9.84 Å². The molecule has 2 unspecified atom stereocenters. The fourth-order valence-corrected chi connectivity index (χ4v) is 2.71. The monoisotopic (exact) mass is 307 g/mol. The zero-order chi connectivity index (χ0) is 15.6. The van der Waals surface area contributed by atoms with Crippen LogP contribution in [0.4, 0.5) is 0 Å². The molecule has 0 saturated heterocycles. The second-order valence-corrected chi connectivity index (χ2v) is 5.68. The van der Waals surface area contributed by atoms with Gasteiger partial charge in [-0.15, -0.1) is 0 Å². The lowest BCUT2D eigenvalue weighted by molar-refractivity contribution is -0.151. The summed E-state index contributed by atoms with van der Waals surface area (Å²) < 4.78 is 4.81. The Morgan fingerprint density at radius 3 is 2.67 bits per heavy atom. The highest BCUT2D eigenvalue weighted by molar-refractivity contribution is 6.35. The molecular formula is C16H18ClNO3. The van der Waals surface area contributed by atoms with E-state index in [2.05, 4.69) is 4.98 Å². The summed E-state index contributed by atoms with van der Waals surface area (Å²) in [7, 11) is 1.32. The number of fused-ring (bicyclic) bond motifs is 1. The fraction of sp³-hybridized carbons (Fsp3) is 0.375. The third-order valence-electron chi connectivity index (χ3n) is 3.60. The molecule has 0 spiro atoms. The van der Waals surface area contributed by atoms with E-state index in [0.717, 1.165) is 5.39 Å². The van der Waals surface area contributed by atoms with Crippen molar-refractivity contribution in [2.24, 2.45) is 11.8 Å². The Morgan fingerprint density at radius 2 is 2.05 bits per heavy atom. The van der Waals surface area contributed by atoms with Crippen molar-refractivity contribution in [1.29, 1.82) is 0 Å². The zero-order valence-electron chi connectivity index (χ0n) is 12.2. The fourth-order valence-electron chi connectivity index (χ4n) is 2.49. The van der Waals surface area contributed by atoms with Crippen molar-refractivity contribution in [1.82, 2.24) is 4.98 Å². The number of nitrogens with zero attached hydrogens (tertiary/aromatic N) is 1. The summed E-state index contributed by atoms with van der Waals surface area (Å²) in [6.07, 6.45) is 0.643. The molecule has 2 atom stereocenters. The number of pyridine rings is 1. The molecule has 2 aromatic rings. The Morgan fingerprint density at radius 1 is 1.33 bits per heavy atom. The maximum absolute atomic E-state index is 11.9. The van der Waals surface area contributed by atoms with Gasteiger partial charge in [0, 0.05) is 22.2 Å². The number of benzene rings is 1. The van der Waals surface area contributed by atoms with Crippen LogP contribution in [0.15, 0.2) is 30.5 Å². The van der Waals surface area contributed by atoms with Gasteiger partial charge in [0.1, 0.15) is 0 Å². The number of carbonyl (C=O) groups excluding carboxylic acids is 1. The quantitative estimate of drug-likeness (QED) is 0.880. The van der Waals surface area contributed by atoms with E-state index in [0.29, 0.717) is 16.1 Å². The second-order valence-electron chi connectivity index (χ2n) is 5.27. The highest BCUT2D eigenvalue weighted by Crippen LogP contribution is 2.34. The summed E-state index contributed by atoms with van der Waals surface area (Å²) in [6, 6.07) is 7.04. The Balaban J connectivity index is 2.55. The number of halogens is 1. The first kappa shape index (κ1) is 15.7. The summed E-state index contributed by atoms with van der Waals surface area (Å²) in [5.74, 6) is -1.15. The zero-order valence-corrected chi connectivity index (χ0v) is 13.0. The predicted octanol–water partition coefficient (Wildman–Crippen LogP) is 3.37. The first-order chi connectivity index (χ1) is 9.97. The molecule has 21 heavy (non-hydrogen) atoms. The molecule has 0 fully saturated rings. The number of ether oxygens (including phenoxy) is 1. The molecule has 0 bridgehead atoms. The molecular weight excluding hydrogens is 290 g/mol. The highest BCUT2D eigenvalue weighted by Gasteiger charge is 2.33. The SMILES string of the molecule is COC(=O)C(C(C)C)C(O)c1ccc(Cl)c2cccnc12. The highest BCUT2D eigenvalue weighted by atomic mass is 35.5. The van der Waals surface area contributed by atoms with E-state index in [1.165, 1.54) is 7.11 Å². The van der Waals surface area contributed by atoms with Crippen molar-refractivity contribution in [3.63, 3.8) is 0 Å². The number of carbonyl (C=O) groups is 1. The lowest BCUT2D eigenvalue weighted by atomic mass is 9.85. The summed E-state index contributed by atoms with van der Waals surface area (Å²) in [4.78, 5) is 16.2. The van der Waals surface area contributed by atoms with E-state index >= 15 is 0 Å². The van der Waals surface area contributed by atoms with Gasteiger partial charge in [0.25, 0.3) is 0 Å². The number of methoxy groups -OCH3 is 1. The van der Waals surface area contributed by atoms with Crippen LogP contribution >= 0.6 is 11.6 Å². The smallest absolute Gasteiger partial charge is 0.311 e. The largest absolute Gasteiger partial charge is 0.469 e. The third kappa shape index (κ3) is 3.01. The summed E-state index contributed by atoms with van der Waals surface area (Å²) >= 11 is 6.15. The van der Waals surface area contributed by atoms with Gasteiger partial charge in [-0.1, -0.05) is 31.5 Å². The normalized spacial score (nSPS) is 14.2. The number of hydrogen-bond donors (Lipinski definition) is 1. The van der Waals surface area contributed by atoms with Gasteiger partial charge in [0.15, 0.2) is 0 Å². The molecule has 4 nitrogen and oxygen atoms in total. The minimum atomic E-state index is -0.993. The van der Waals surface area contributed by atoms with E-state index in [1.807, 2.05) is 19.9 Å². The molecule has 0 aliphatic carbocycles. The average molecular weight is 308 g/mol. The Labute approximate surface area is 128 Å². The molecule has 0 radical (unpaired) electrons. The topological polar surface area (TPSA) is 59.4 Å². The van der Waals surface area contributed by atoms with Crippen LogP contribution in [0.1, 0.15) is 25.5 Å². The molecule has 2 rings (SSSR count). The molecule has 1 heterocycles. The van der Waals surface area contributed by atoms with Gasteiger partial charge in [-0.2, -0.15) is 0 Å². The second kappa shape index (κ2) is 6.41. The van der Waals surface area contributed by atoms with Crippen LogP contribution in [0, 0.1) is 11.8 Å². The van der Waals surface area contributed by atoms with Crippen molar-refractivity contribution in [3.8, 4) is 0 Å². The number of aliphatic hydroxyl groups is 1. The van der Waals surface area contributed by atoms with Crippen LogP contribution in [-0.4, -0.2) is 23.2 Å².